The Hall–Kier alpha value is -3.10. The van der Waals surface area contributed by atoms with Gasteiger partial charge in [0.05, 0.1) is 17.5 Å². The fraction of sp³-hybridized carbons (Fsp3) is 0.727. The Morgan fingerprint density at radius 1 is 1.03 bits per heavy atom. The second-order valence-electron chi connectivity index (χ2n) is 23.1. The van der Waals surface area contributed by atoms with Crippen LogP contribution in [0.4, 0.5) is 0 Å². The van der Waals surface area contributed by atoms with Gasteiger partial charge in [-0.25, -0.2) is 0 Å². The first-order valence-electron chi connectivity index (χ1n) is 24.9. The minimum atomic E-state index is -1.18. The number of likely N-dealkylation sites (N-methyl/N-ethyl adjacent to an activating group) is 1. The molecule has 8 nitrogen and oxygen atoms in total. The SMILES string of the molecule is CCCCC(OC(=O)CC(C)(C)C(=O)O)C(C)(C)C1CCC2(C)C(CCC3C4=C(C(C)C)C(=O)CC4(c4c(C)c(O)c(CCC5=CC=C(Cl)C=CCC5)n4CCN(C)C)CCC32C)C1. The number of aromatic hydroxyl groups is 1. The molecule has 5 aliphatic rings. The quantitative estimate of drug-likeness (QED) is 0.150. The summed E-state index contributed by atoms with van der Waals surface area (Å²) in [4.78, 5) is 42.3. The molecule has 3 saturated carbocycles. The fourth-order valence-electron chi connectivity index (χ4n) is 13.7. The van der Waals surface area contributed by atoms with Crippen molar-refractivity contribution in [3.8, 4) is 5.75 Å². The topological polar surface area (TPSA) is 109 Å². The van der Waals surface area contributed by atoms with Gasteiger partial charge < -0.3 is 24.4 Å². The van der Waals surface area contributed by atoms with Crippen molar-refractivity contribution in [3.63, 3.8) is 0 Å². The van der Waals surface area contributed by atoms with Gasteiger partial charge in [-0.2, -0.15) is 0 Å². The van der Waals surface area contributed by atoms with Gasteiger partial charge in [0.25, 0.3) is 0 Å². The summed E-state index contributed by atoms with van der Waals surface area (Å²) in [6.45, 7) is 23.2. The molecule has 356 valence electrons. The Bertz CT molecular complexity index is 2070. The molecule has 7 unspecified atom stereocenters. The highest BCUT2D eigenvalue weighted by atomic mass is 35.5. The summed E-state index contributed by atoms with van der Waals surface area (Å²) in [6, 6.07) is 0. The molecule has 7 atom stereocenters. The molecule has 5 aliphatic carbocycles. The summed E-state index contributed by atoms with van der Waals surface area (Å²) in [5.74, 6) is 0.510. The molecule has 0 aromatic carbocycles. The zero-order chi connectivity index (χ0) is 47.2. The van der Waals surface area contributed by atoms with E-state index in [0.29, 0.717) is 29.8 Å². The third-order valence-corrected chi connectivity index (χ3v) is 18.2. The number of allylic oxidation sites excluding steroid dienone is 8. The molecule has 64 heavy (non-hydrogen) atoms. The number of nitrogens with zero attached hydrogens (tertiary/aromatic N) is 2. The van der Waals surface area contributed by atoms with E-state index in [0.717, 1.165) is 125 Å². The Balaban J connectivity index is 1.35. The first-order valence-corrected chi connectivity index (χ1v) is 25.3. The van der Waals surface area contributed by atoms with Gasteiger partial charge >= 0.3 is 11.9 Å². The van der Waals surface area contributed by atoms with Crippen LogP contribution in [0, 0.1) is 52.3 Å². The Labute approximate surface area is 391 Å². The first kappa shape index (κ1) is 50.3. The summed E-state index contributed by atoms with van der Waals surface area (Å²) in [6.07, 6.45) is 21.7. The lowest BCUT2D eigenvalue weighted by atomic mass is 9.38. The third kappa shape index (κ3) is 9.28. The van der Waals surface area contributed by atoms with Crippen LogP contribution in [0.2, 0.25) is 0 Å². The maximum atomic E-state index is 14.7. The second-order valence-corrected chi connectivity index (χ2v) is 23.6. The number of hydrogen-bond acceptors (Lipinski definition) is 6. The molecule has 0 aliphatic heterocycles. The van der Waals surface area contributed by atoms with Crippen molar-refractivity contribution in [1.29, 1.82) is 0 Å². The molecule has 1 aromatic rings. The largest absolute Gasteiger partial charge is 0.506 e. The molecular weight excluding hydrogens is 820 g/mol. The van der Waals surface area contributed by atoms with Crippen molar-refractivity contribution < 1.29 is 29.3 Å². The number of aromatic nitrogens is 1. The van der Waals surface area contributed by atoms with Crippen molar-refractivity contribution in [3.05, 3.63) is 63.0 Å². The number of Topliss-reactive ketones (excluding diaryl/α,β-unsaturated/α-hetero) is 1. The highest BCUT2D eigenvalue weighted by Crippen LogP contribution is 2.73. The minimum absolute atomic E-state index is 0.0150. The molecule has 0 radical (unpaired) electrons. The summed E-state index contributed by atoms with van der Waals surface area (Å²) in [7, 11) is 4.22. The number of halogens is 1. The average molecular weight is 904 g/mol. The van der Waals surface area contributed by atoms with Gasteiger partial charge in [-0.15, -0.1) is 0 Å². The van der Waals surface area contributed by atoms with Crippen LogP contribution in [0.15, 0.2) is 46.1 Å². The number of carboxylic acids is 1. The summed E-state index contributed by atoms with van der Waals surface area (Å²) >= 11 is 6.42. The zero-order valence-corrected chi connectivity index (χ0v) is 42.5. The van der Waals surface area contributed by atoms with Gasteiger partial charge in [-0.1, -0.05) is 90.6 Å². The molecule has 9 heteroatoms. The minimum Gasteiger partial charge on any atom is -0.506 e. The van der Waals surface area contributed by atoms with Gasteiger partial charge in [0.2, 0.25) is 0 Å². The van der Waals surface area contributed by atoms with E-state index in [-0.39, 0.29) is 40.6 Å². The van der Waals surface area contributed by atoms with E-state index in [4.69, 9.17) is 16.3 Å². The highest BCUT2D eigenvalue weighted by Gasteiger charge is 2.66. The predicted molar refractivity (Wildman–Crippen MR) is 259 cm³/mol. The van der Waals surface area contributed by atoms with Gasteiger partial charge in [0.15, 0.2) is 5.78 Å². The second kappa shape index (κ2) is 19.2. The Morgan fingerprint density at radius 3 is 2.41 bits per heavy atom. The molecular formula is C55H83ClN2O6. The molecule has 1 aromatic heterocycles. The van der Waals surface area contributed by atoms with Crippen LogP contribution in [-0.2, 0) is 37.5 Å². The normalized spacial score (nSPS) is 29.2. The van der Waals surface area contributed by atoms with Crippen LogP contribution >= 0.6 is 11.6 Å². The molecule has 0 saturated heterocycles. The average Bonchev–Trinajstić information content (AvgIpc) is 3.65. The van der Waals surface area contributed by atoms with Gasteiger partial charge in [-0.3, -0.25) is 14.4 Å². The monoisotopic (exact) mass is 903 g/mol. The maximum Gasteiger partial charge on any atom is 0.309 e. The summed E-state index contributed by atoms with van der Waals surface area (Å²) < 4.78 is 8.77. The number of carboxylic acid groups (broad SMARTS) is 1. The fourth-order valence-corrected chi connectivity index (χ4v) is 13.8. The van der Waals surface area contributed by atoms with Crippen molar-refractivity contribution in [2.45, 2.75) is 190 Å². The number of carbonyl (C=O) groups is 3. The predicted octanol–water partition coefficient (Wildman–Crippen LogP) is 12.8. The molecule has 1 heterocycles. The van der Waals surface area contributed by atoms with Crippen LogP contribution in [0.25, 0.3) is 0 Å². The standard InChI is InChI=1S/C55H83ClN2O6/c1-13-14-19-44(64-45(60)34-51(5,6)50(62)63)52(7,8)38-26-27-53(9)39(32-38)22-24-41-47-46(35(2)3)43(59)33-55(47,29-28-54(41,53)10)49-36(4)48(61)42(58(49)31-30-57(11)12)25-21-37-17-15-16-18-40(56)23-20-37/h16,18,20,23,35,38-39,41,44,61H,13-15,17,19,21-22,24-34H2,1-12H3,(H,62,63). The van der Waals surface area contributed by atoms with Crippen LogP contribution in [0.3, 0.4) is 0 Å². The smallest absolute Gasteiger partial charge is 0.309 e. The molecule has 6 rings (SSSR count). The van der Waals surface area contributed by atoms with E-state index in [1.54, 1.807) is 13.8 Å². The van der Waals surface area contributed by atoms with Gasteiger partial charge in [0.1, 0.15) is 11.9 Å². The van der Waals surface area contributed by atoms with Crippen LogP contribution in [0.1, 0.15) is 176 Å². The number of esters is 1. The van der Waals surface area contributed by atoms with E-state index < -0.39 is 22.8 Å². The van der Waals surface area contributed by atoms with E-state index in [1.807, 2.05) is 12.2 Å². The van der Waals surface area contributed by atoms with Gasteiger partial charge in [0, 0.05) is 46.6 Å². The lowest BCUT2D eigenvalue weighted by molar-refractivity contribution is -0.172. The molecule has 3 fully saturated rings. The van der Waals surface area contributed by atoms with Crippen molar-refractivity contribution in [1.82, 2.24) is 9.47 Å². The molecule has 0 bridgehead atoms. The molecule has 0 amide bonds. The van der Waals surface area contributed by atoms with Crippen LogP contribution in [0.5, 0.6) is 5.75 Å². The number of aliphatic carboxylic acids is 1. The number of rotatable bonds is 17. The summed E-state index contributed by atoms with van der Waals surface area (Å²) in [5.41, 5.74) is 5.01. The Morgan fingerprint density at radius 2 is 1.75 bits per heavy atom. The number of ketones is 1. The molecule has 0 spiro atoms. The van der Waals surface area contributed by atoms with E-state index in [9.17, 15) is 24.6 Å². The number of hydrogen-bond donors (Lipinski definition) is 2. The van der Waals surface area contributed by atoms with Crippen LogP contribution < -0.4 is 0 Å². The molecule has 2 N–H and O–H groups in total. The van der Waals surface area contributed by atoms with Crippen LogP contribution in [-0.4, -0.2) is 64.1 Å². The van der Waals surface area contributed by atoms with E-state index >= 15 is 0 Å². The third-order valence-electron chi connectivity index (χ3n) is 17.9. The maximum absolute atomic E-state index is 14.7. The number of ether oxygens (including phenoxy) is 1. The van der Waals surface area contributed by atoms with E-state index in [1.165, 1.54) is 16.8 Å². The van der Waals surface area contributed by atoms with Crippen molar-refractivity contribution in [2.75, 3.05) is 20.6 Å². The lowest BCUT2D eigenvalue weighted by Gasteiger charge is -2.66. The van der Waals surface area contributed by atoms with Crippen molar-refractivity contribution >= 4 is 29.3 Å². The first-order chi connectivity index (χ1) is 29.9. The van der Waals surface area contributed by atoms with Crippen molar-refractivity contribution in [2.24, 2.45) is 45.3 Å². The zero-order valence-electron chi connectivity index (χ0n) is 41.7. The number of fused-ring (bicyclic) bond motifs is 5. The summed E-state index contributed by atoms with van der Waals surface area (Å²) in [5, 5.41) is 22.7. The number of carbonyl (C=O) groups excluding carboxylic acids is 2. The van der Waals surface area contributed by atoms with E-state index in [2.05, 4.69) is 91.1 Å². The number of unbranched alkanes of at least 4 members (excludes halogenated alkanes) is 1. The Kier molecular flexibility index (Phi) is 15.1. The van der Waals surface area contributed by atoms with Gasteiger partial charge in [-0.05, 0) is 170 Å². The lowest BCUT2D eigenvalue weighted by Crippen LogP contribution is -2.59. The highest BCUT2D eigenvalue weighted by molar-refractivity contribution is 6.31.